The third kappa shape index (κ3) is 34.8. The molecule has 0 aromatic heterocycles. The molecule has 0 aliphatic carbocycles. The van der Waals surface area contributed by atoms with Gasteiger partial charge in [0.25, 0.3) is 0 Å². The molecule has 1 amide bonds. The molecule has 52 heavy (non-hydrogen) atoms. The lowest BCUT2D eigenvalue weighted by Gasteiger charge is -2.27. The van der Waals surface area contributed by atoms with E-state index in [1.165, 1.54) is 180 Å². The van der Waals surface area contributed by atoms with Crippen molar-refractivity contribution in [3.63, 3.8) is 0 Å². The van der Waals surface area contributed by atoms with Crippen molar-refractivity contribution < 1.29 is 25.2 Å². The lowest BCUT2D eigenvalue weighted by Crippen LogP contribution is -2.53. The number of rotatable bonds is 42. The maximum Gasteiger partial charge on any atom is 0.249 e. The molecule has 0 fully saturated rings. The Bertz CT molecular complexity index is 746. The molecule has 0 aromatic carbocycles. The number of allylic oxidation sites excluding steroid dienone is 2. The van der Waals surface area contributed by atoms with E-state index in [4.69, 9.17) is 0 Å². The molecule has 0 radical (unpaired) electrons. The summed E-state index contributed by atoms with van der Waals surface area (Å²) in [5.41, 5.74) is 0. The van der Waals surface area contributed by atoms with Crippen molar-refractivity contribution in [2.75, 3.05) is 6.61 Å². The molecule has 4 atom stereocenters. The van der Waals surface area contributed by atoms with Crippen LogP contribution in [0.25, 0.3) is 0 Å². The molecule has 4 unspecified atom stereocenters. The smallest absolute Gasteiger partial charge is 0.249 e. The van der Waals surface area contributed by atoms with Gasteiger partial charge < -0.3 is 25.7 Å². The second-order valence-corrected chi connectivity index (χ2v) is 16.1. The van der Waals surface area contributed by atoms with Crippen LogP contribution < -0.4 is 5.32 Å². The summed E-state index contributed by atoms with van der Waals surface area (Å²) < 4.78 is 0. The van der Waals surface area contributed by atoms with Crippen LogP contribution in [0.15, 0.2) is 12.2 Å². The zero-order chi connectivity index (χ0) is 38.2. The minimum absolute atomic E-state index is 0.368. The monoisotopic (exact) mass is 738 g/mol. The number of aliphatic hydroxyl groups is 4. The molecule has 0 saturated carbocycles. The highest BCUT2D eigenvalue weighted by Gasteiger charge is 2.28. The van der Waals surface area contributed by atoms with Gasteiger partial charge in [0, 0.05) is 0 Å². The largest absolute Gasteiger partial charge is 0.394 e. The van der Waals surface area contributed by atoms with Crippen molar-refractivity contribution in [2.45, 2.75) is 269 Å². The first-order chi connectivity index (χ1) is 25.5. The predicted molar refractivity (Wildman–Crippen MR) is 224 cm³/mol. The zero-order valence-electron chi connectivity index (χ0n) is 34.8. The number of nitrogens with one attached hydrogen (secondary N) is 1. The van der Waals surface area contributed by atoms with Gasteiger partial charge in [0.1, 0.15) is 12.2 Å². The van der Waals surface area contributed by atoms with Crippen LogP contribution in [0.1, 0.15) is 245 Å². The molecule has 0 aromatic rings. The van der Waals surface area contributed by atoms with Crippen LogP contribution in [0.2, 0.25) is 0 Å². The third-order valence-corrected chi connectivity index (χ3v) is 11.0. The van der Waals surface area contributed by atoms with E-state index < -0.39 is 36.9 Å². The fourth-order valence-corrected chi connectivity index (χ4v) is 7.29. The fourth-order valence-electron chi connectivity index (χ4n) is 7.29. The number of hydrogen-bond acceptors (Lipinski definition) is 5. The number of hydrogen-bond donors (Lipinski definition) is 5. The summed E-state index contributed by atoms with van der Waals surface area (Å²) in [5, 5.41) is 43.7. The van der Waals surface area contributed by atoms with Gasteiger partial charge in [-0.05, 0) is 38.5 Å². The van der Waals surface area contributed by atoms with Crippen molar-refractivity contribution in [1.29, 1.82) is 0 Å². The summed E-state index contributed by atoms with van der Waals surface area (Å²) in [6.07, 6.45) is 45.3. The maximum atomic E-state index is 12.5. The van der Waals surface area contributed by atoms with Crippen LogP contribution in [0.5, 0.6) is 0 Å². The number of amides is 1. The normalized spacial score (nSPS) is 14.2. The molecular weight excluding hydrogens is 647 g/mol. The summed E-state index contributed by atoms with van der Waals surface area (Å²) in [7, 11) is 0. The Morgan fingerprint density at radius 2 is 0.788 bits per heavy atom. The minimum atomic E-state index is -1.28. The van der Waals surface area contributed by atoms with Crippen LogP contribution >= 0.6 is 0 Å². The molecule has 0 aliphatic heterocycles. The van der Waals surface area contributed by atoms with E-state index in [1.54, 1.807) is 0 Å². The second kappa shape index (κ2) is 41.2. The van der Waals surface area contributed by atoms with E-state index in [-0.39, 0.29) is 0 Å². The summed E-state index contributed by atoms with van der Waals surface area (Å²) in [5.74, 6) is -0.589. The van der Waals surface area contributed by atoms with E-state index in [2.05, 4.69) is 31.3 Å². The zero-order valence-corrected chi connectivity index (χ0v) is 34.8. The Hall–Kier alpha value is -0.950. The highest BCUT2D eigenvalue weighted by molar-refractivity contribution is 5.80. The first-order valence-corrected chi connectivity index (χ1v) is 23.1. The Labute approximate surface area is 323 Å². The lowest BCUT2D eigenvalue weighted by atomic mass is 10.00. The van der Waals surface area contributed by atoms with Gasteiger partial charge in [-0.15, -0.1) is 0 Å². The predicted octanol–water partition coefficient (Wildman–Crippen LogP) is 12.2. The highest BCUT2D eigenvalue weighted by atomic mass is 16.3. The Kier molecular flexibility index (Phi) is 40.5. The van der Waals surface area contributed by atoms with Gasteiger partial charge in [-0.2, -0.15) is 0 Å². The van der Waals surface area contributed by atoms with Crippen molar-refractivity contribution in [2.24, 2.45) is 0 Å². The van der Waals surface area contributed by atoms with Gasteiger partial charge >= 0.3 is 0 Å². The minimum Gasteiger partial charge on any atom is -0.394 e. The average molecular weight is 738 g/mol. The van der Waals surface area contributed by atoms with Gasteiger partial charge in [0.15, 0.2) is 0 Å². The van der Waals surface area contributed by atoms with E-state index in [0.717, 1.165) is 38.5 Å². The number of carbonyl (C=O) groups is 1. The van der Waals surface area contributed by atoms with Crippen LogP contribution in [-0.2, 0) is 4.79 Å². The van der Waals surface area contributed by atoms with E-state index >= 15 is 0 Å². The molecule has 0 heterocycles. The van der Waals surface area contributed by atoms with Crippen molar-refractivity contribution in [3.05, 3.63) is 12.2 Å². The summed E-state index contributed by atoms with van der Waals surface area (Å²) in [6.45, 7) is 4.06. The van der Waals surface area contributed by atoms with Crippen molar-refractivity contribution in [3.8, 4) is 0 Å². The van der Waals surface area contributed by atoms with E-state index in [9.17, 15) is 25.2 Å². The number of aliphatic hydroxyl groups excluding tert-OH is 4. The van der Waals surface area contributed by atoms with Gasteiger partial charge in [-0.25, -0.2) is 0 Å². The molecule has 0 spiro atoms. The first kappa shape index (κ1) is 51.0. The summed E-state index contributed by atoms with van der Waals surface area (Å²) in [6, 6.07) is -0.997. The molecule has 0 aliphatic rings. The highest BCUT2D eigenvalue weighted by Crippen LogP contribution is 2.17. The molecule has 6 nitrogen and oxygen atoms in total. The SMILES string of the molecule is CCCCCCCCCCCCCCC/C=C/CCCC(O)C(O)C(CO)NC(=O)C(O)CCCCCCCCCCCCCCCCCCCC. The fraction of sp³-hybridized carbons (Fsp3) is 0.935. The molecular formula is C46H91NO5. The Morgan fingerprint density at radius 3 is 1.15 bits per heavy atom. The summed E-state index contributed by atoms with van der Waals surface area (Å²) >= 11 is 0. The quantitative estimate of drug-likeness (QED) is 0.0316. The van der Waals surface area contributed by atoms with Crippen LogP contribution in [0.4, 0.5) is 0 Å². The number of unbranched alkanes of at least 4 members (excludes halogenated alkanes) is 31. The van der Waals surface area contributed by atoms with Crippen LogP contribution in [0.3, 0.4) is 0 Å². The second-order valence-electron chi connectivity index (χ2n) is 16.1. The van der Waals surface area contributed by atoms with Crippen molar-refractivity contribution in [1.82, 2.24) is 5.32 Å². The topological polar surface area (TPSA) is 110 Å². The molecule has 6 heteroatoms. The summed E-state index contributed by atoms with van der Waals surface area (Å²) in [4.78, 5) is 12.5. The Morgan fingerprint density at radius 1 is 0.462 bits per heavy atom. The van der Waals surface area contributed by atoms with Gasteiger partial charge in [0.2, 0.25) is 5.91 Å². The standard InChI is InChI=1S/C46H91NO5/c1-3-5-7-9-11-13-15-17-19-21-23-25-27-29-31-33-35-37-39-43(49)45(51)42(41-48)47-46(52)44(50)40-38-36-34-32-30-28-26-24-22-20-18-16-14-12-10-8-6-4-2/h31,33,42-45,48-51H,3-30,32,34-41H2,1-2H3,(H,47,52)/b33-31+. The third-order valence-electron chi connectivity index (χ3n) is 11.0. The average Bonchev–Trinajstić information content (AvgIpc) is 3.15. The van der Waals surface area contributed by atoms with Gasteiger partial charge in [0.05, 0.1) is 18.8 Å². The lowest BCUT2D eigenvalue weighted by molar-refractivity contribution is -0.132. The molecule has 5 N–H and O–H groups in total. The van der Waals surface area contributed by atoms with E-state index in [0.29, 0.717) is 12.8 Å². The maximum absolute atomic E-state index is 12.5. The number of carbonyl (C=O) groups excluding carboxylic acids is 1. The van der Waals surface area contributed by atoms with Gasteiger partial charge in [-0.3, -0.25) is 4.79 Å². The van der Waals surface area contributed by atoms with Crippen LogP contribution in [-0.4, -0.2) is 57.3 Å². The van der Waals surface area contributed by atoms with E-state index in [1.807, 2.05) is 0 Å². The first-order valence-electron chi connectivity index (χ1n) is 23.1. The van der Waals surface area contributed by atoms with Crippen LogP contribution in [0, 0.1) is 0 Å². The molecule has 0 bridgehead atoms. The van der Waals surface area contributed by atoms with Crippen molar-refractivity contribution >= 4 is 5.91 Å². The Balaban J connectivity index is 3.73. The molecule has 310 valence electrons. The van der Waals surface area contributed by atoms with Gasteiger partial charge in [-0.1, -0.05) is 219 Å². The molecule has 0 saturated heterocycles. The molecule has 0 rings (SSSR count).